The molecule has 0 atom stereocenters. The maximum atomic E-state index is 13.9. The van der Waals surface area contributed by atoms with Gasteiger partial charge in [0.2, 0.25) is 5.95 Å². The molecule has 4 N–H and O–H groups in total. The van der Waals surface area contributed by atoms with Crippen LogP contribution in [0.3, 0.4) is 0 Å². The van der Waals surface area contributed by atoms with E-state index < -0.39 is 5.82 Å². The van der Waals surface area contributed by atoms with Gasteiger partial charge in [0.1, 0.15) is 11.4 Å². The Hall–Kier alpha value is -2.90. The second-order valence-corrected chi connectivity index (χ2v) is 4.33. The van der Waals surface area contributed by atoms with Crippen LogP contribution in [-0.4, -0.2) is 29.7 Å². The van der Waals surface area contributed by atoms with Crippen molar-refractivity contribution in [3.8, 4) is 17.0 Å². The minimum Gasteiger partial charge on any atom is -0.493 e. The molecule has 8 heteroatoms. The van der Waals surface area contributed by atoms with Crippen molar-refractivity contribution in [2.24, 2.45) is 0 Å². The standard InChI is InChI=1S/C14H15FN4O3/c1-21-10(20)6-7-22-9-4-2-8(3-5-9)12-11(15)13(16)19-14(17)18-12/h2-5H,6-7H2,1H3,(H4,16,17,18,19). The Morgan fingerprint density at radius 3 is 2.55 bits per heavy atom. The zero-order chi connectivity index (χ0) is 16.1. The van der Waals surface area contributed by atoms with Crippen LogP contribution in [0.2, 0.25) is 0 Å². The van der Waals surface area contributed by atoms with E-state index in [0.29, 0.717) is 11.3 Å². The summed E-state index contributed by atoms with van der Waals surface area (Å²) in [7, 11) is 1.31. The molecule has 0 saturated carbocycles. The maximum absolute atomic E-state index is 13.9. The number of carbonyl (C=O) groups excluding carboxylic acids is 1. The molecule has 1 aromatic carbocycles. The number of halogens is 1. The van der Waals surface area contributed by atoms with E-state index >= 15 is 0 Å². The highest BCUT2D eigenvalue weighted by Gasteiger charge is 2.13. The molecule has 7 nitrogen and oxygen atoms in total. The first-order chi connectivity index (χ1) is 10.5. The van der Waals surface area contributed by atoms with Gasteiger partial charge in [0.05, 0.1) is 20.1 Å². The predicted octanol–water partition coefficient (Wildman–Crippen LogP) is 1.39. The summed E-state index contributed by atoms with van der Waals surface area (Å²) < 4.78 is 23.8. The second kappa shape index (κ2) is 6.70. The molecule has 0 radical (unpaired) electrons. The number of esters is 1. The number of methoxy groups -OCH3 is 1. The Labute approximate surface area is 126 Å². The lowest BCUT2D eigenvalue weighted by Crippen LogP contribution is -2.07. The van der Waals surface area contributed by atoms with Crippen molar-refractivity contribution in [2.75, 3.05) is 25.2 Å². The number of ether oxygens (including phenoxy) is 2. The fraction of sp³-hybridized carbons (Fsp3) is 0.214. The molecular weight excluding hydrogens is 291 g/mol. The number of anilines is 2. The van der Waals surface area contributed by atoms with Gasteiger partial charge in [-0.2, -0.15) is 4.98 Å². The number of benzene rings is 1. The molecule has 0 aliphatic rings. The number of rotatable bonds is 5. The summed E-state index contributed by atoms with van der Waals surface area (Å²) in [5.41, 5.74) is 11.4. The van der Waals surface area contributed by atoms with Crippen LogP contribution in [0, 0.1) is 5.82 Å². The van der Waals surface area contributed by atoms with Crippen LogP contribution >= 0.6 is 0 Å². The van der Waals surface area contributed by atoms with E-state index in [4.69, 9.17) is 16.2 Å². The first kappa shape index (κ1) is 15.5. The molecule has 22 heavy (non-hydrogen) atoms. The largest absolute Gasteiger partial charge is 0.493 e. The van der Waals surface area contributed by atoms with Gasteiger partial charge < -0.3 is 20.9 Å². The molecule has 0 aliphatic carbocycles. The number of nitrogens with two attached hydrogens (primary N) is 2. The number of nitrogens with zero attached hydrogens (tertiary/aromatic N) is 2. The summed E-state index contributed by atoms with van der Waals surface area (Å²) in [5, 5.41) is 0. The lowest BCUT2D eigenvalue weighted by Gasteiger charge is -2.08. The van der Waals surface area contributed by atoms with Crippen LogP contribution in [0.4, 0.5) is 16.2 Å². The monoisotopic (exact) mass is 306 g/mol. The third-order valence-corrected chi connectivity index (χ3v) is 2.82. The molecule has 0 amide bonds. The normalized spacial score (nSPS) is 10.3. The molecule has 116 valence electrons. The van der Waals surface area contributed by atoms with Crippen molar-refractivity contribution in [1.82, 2.24) is 9.97 Å². The smallest absolute Gasteiger partial charge is 0.308 e. The fourth-order valence-corrected chi connectivity index (χ4v) is 1.74. The van der Waals surface area contributed by atoms with E-state index in [0.717, 1.165) is 0 Å². The van der Waals surface area contributed by atoms with Crippen LogP contribution in [0.25, 0.3) is 11.3 Å². The fourth-order valence-electron chi connectivity index (χ4n) is 1.74. The number of hydrogen-bond donors (Lipinski definition) is 2. The quantitative estimate of drug-likeness (QED) is 0.802. The van der Waals surface area contributed by atoms with Gasteiger partial charge in [-0.1, -0.05) is 0 Å². The van der Waals surface area contributed by atoms with Crippen molar-refractivity contribution in [3.05, 3.63) is 30.1 Å². The van der Waals surface area contributed by atoms with E-state index in [1.165, 1.54) is 7.11 Å². The third-order valence-electron chi connectivity index (χ3n) is 2.82. The van der Waals surface area contributed by atoms with Crippen molar-refractivity contribution in [2.45, 2.75) is 6.42 Å². The zero-order valence-corrected chi connectivity index (χ0v) is 11.9. The van der Waals surface area contributed by atoms with E-state index in [2.05, 4.69) is 14.7 Å². The summed E-state index contributed by atoms with van der Waals surface area (Å²) in [6.07, 6.45) is 0.145. The Bertz CT molecular complexity index is 677. The Morgan fingerprint density at radius 2 is 1.91 bits per heavy atom. The second-order valence-electron chi connectivity index (χ2n) is 4.33. The van der Waals surface area contributed by atoms with E-state index in [9.17, 15) is 9.18 Å². The maximum Gasteiger partial charge on any atom is 0.308 e. The minimum absolute atomic E-state index is 0.0195. The lowest BCUT2D eigenvalue weighted by molar-refractivity contribution is -0.141. The van der Waals surface area contributed by atoms with Gasteiger partial charge in [-0.3, -0.25) is 4.79 Å². The van der Waals surface area contributed by atoms with Gasteiger partial charge in [-0.15, -0.1) is 0 Å². The number of nitrogen functional groups attached to an aromatic ring is 2. The number of aromatic nitrogens is 2. The third kappa shape index (κ3) is 3.60. The Morgan fingerprint density at radius 1 is 1.23 bits per heavy atom. The van der Waals surface area contributed by atoms with Crippen molar-refractivity contribution >= 4 is 17.7 Å². The van der Waals surface area contributed by atoms with Gasteiger partial charge in [-0.05, 0) is 24.3 Å². The SMILES string of the molecule is COC(=O)CCOc1ccc(-c2nc(N)nc(N)c2F)cc1. The van der Waals surface area contributed by atoms with Crippen LogP contribution < -0.4 is 16.2 Å². The Kier molecular flexibility index (Phi) is 4.72. The summed E-state index contributed by atoms with van der Waals surface area (Å²) >= 11 is 0. The highest BCUT2D eigenvalue weighted by Crippen LogP contribution is 2.26. The highest BCUT2D eigenvalue weighted by molar-refractivity contribution is 5.69. The van der Waals surface area contributed by atoms with Crippen molar-refractivity contribution in [1.29, 1.82) is 0 Å². The molecule has 2 aromatic rings. The topological polar surface area (TPSA) is 113 Å². The van der Waals surface area contributed by atoms with Crippen molar-refractivity contribution < 1.29 is 18.7 Å². The van der Waals surface area contributed by atoms with E-state index in [1.54, 1.807) is 24.3 Å². The van der Waals surface area contributed by atoms with Gasteiger partial charge in [0, 0.05) is 5.56 Å². The zero-order valence-electron chi connectivity index (χ0n) is 11.9. The molecule has 0 saturated heterocycles. The molecule has 0 bridgehead atoms. The van der Waals surface area contributed by atoms with Crippen LogP contribution in [0.15, 0.2) is 24.3 Å². The molecule has 0 unspecified atom stereocenters. The Balaban J connectivity index is 2.11. The molecule has 0 spiro atoms. The van der Waals surface area contributed by atoms with Crippen molar-refractivity contribution in [3.63, 3.8) is 0 Å². The van der Waals surface area contributed by atoms with Gasteiger partial charge in [0.25, 0.3) is 0 Å². The summed E-state index contributed by atoms with van der Waals surface area (Å²) in [6.45, 7) is 0.188. The van der Waals surface area contributed by atoms with Crippen LogP contribution in [-0.2, 0) is 9.53 Å². The molecular formula is C14H15FN4O3. The summed E-state index contributed by atoms with van der Waals surface area (Å²) in [4.78, 5) is 18.3. The molecule has 0 fully saturated rings. The first-order valence-electron chi connectivity index (χ1n) is 6.39. The molecule has 1 aromatic heterocycles. The van der Waals surface area contributed by atoms with E-state index in [1.807, 2.05) is 0 Å². The molecule has 1 heterocycles. The lowest BCUT2D eigenvalue weighted by atomic mass is 10.1. The first-order valence-corrected chi connectivity index (χ1v) is 6.39. The van der Waals surface area contributed by atoms with Crippen LogP contribution in [0.1, 0.15) is 6.42 Å². The molecule has 0 aliphatic heterocycles. The number of hydrogen-bond acceptors (Lipinski definition) is 7. The highest BCUT2D eigenvalue weighted by atomic mass is 19.1. The minimum atomic E-state index is -0.728. The molecule has 2 rings (SSSR count). The van der Waals surface area contributed by atoms with Gasteiger partial charge in [0.15, 0.2) is 11.6 Å². The predicted molar refractivity (Wildman–Crippen MR) is 78.4 cm³/mol. The van der Waals surface area contributed by atoms with Gasteiger partial charge in [-0.25, -0.2) is 9.37 Å². The summed E-state index contributed by atoms with van der Waals surface area (Å²) in [5.74, 6) is -0.963. The van der Waals surface area contributed by atoms with Gasteiger partial charge >= 0.3 is 5.97 Å². The summed E-state index contributed by atoms with van der Waals surface area (Å²) in [6, 6.07) is 6.47. The number of carbonyl (C=O) groups is 1. The average Bonchev–Trinajstić information content (AvgIpc) is 2.51. The van der Waals surface area contributed by atoms with Crippen LogP contribution in [0.5, 0.6) is 5.75 Å². The van der Waals surface area contributed by atoms with E-state index in [-0.39, 0.29) is 36.5 Å². The average molecular weight is 306 g/mol.